The Morgan fingerprint density at radius 1 is 1.36 bits per heavy atom. The van der Waals surface area contributed by atoms with E-state index in [2.05, 4.69) is 16.5 Å². The smallest absolute Gasteiger partial charge is 0.0736 e. The van der Waals surface area contributed by atoms with Gasteiger partial charge in [-0.25, -0.2) is 0 Å². The molecule has 2 N–H and O–H groups in total. The Labute approximate surface area is 82.3 Å². The molecule has 2 aromatic heterocycles. The van der Waals surface area contributed by atoms with Gasteiger partial charge in [0.05, 0.1) is 17.3 Å². The zero-order valence-corrected chi connectivity index (χ0v) is 7.72. The average molecular weight is 185 g/mol. The Morgan fingerprint density at radius 2 is 2.21 bits per heavy atom. The maximum atomic E-state index is 5.79. The molecular formula is C11H11N3. The van der Waals surface area contributed by atoms with Gasteiger partial charge in [-0.3, -0.25) is 9.97 Å². The summed E-state index contributed by atoms with van der Waals surface area (Å²) in [5, 5.41) is 1.02. The molecule has 1 unspecified atom stereocenters. The predicted molar refractivity (Wildman–Crippen MR) is 56.7 cm³/mol. The highest BCUT2D eigenvalue weighted by Crippen LogP contribution is 2.14. The van der Waals surface area contributed by atoms with Crippen molar-refractivity contribution in [2.75, 3.05) is 0 Å². The quantitative estimate of drug-likeness (QED) is 0.726. The highest BCUT2D eigenvalue weighted by atomic mass is 14.8. The number of aromatic nitrogens is 2. The van der Waals surface area contributed by atoms with Gasteiger partial charge in [0.25, 0.3) is 0 Å². The van der Waals surface area contributed by atoms with Gasteiger partial charge in [0.1, 0.15) is 0 Å². The molecule has 2 heterocycles. The van der Waals surface area contributed by atoms with Crippen LogP contribution in [0.5, 0.6) is 0 Å². The molecular weight excluding hydrogens is 174 g/mol. The lowest BCUT2D eigenvalue weighted by Gasteiger charge is -2.05. The summed E-state index contributed by atoms with van der Waals surface area (Å²) in [7, 11) is 0. The molecule has 0 spiro atoms. The van der Waals surface area contributed by atoms with E-state index in [0.29, 0.717) is 0 Å². The van der Waals surface area contributed by atoms with Crippen LogP contribution in [0.2, 0.25) is 0 Å². The molecule has 2 rings (SSSR count). The standard InChI is InChI=1S/C11H11N3/c1-2-9(12)11-4-3-8-7-13-6-5-10(8)14-11/h2-7,9H,1,12H2. The van der Waals surface area contributed by atoms with Gasteiger partial charge < -0.3 is 5.73 Å². The van der Waals surface area contributed by atoms with Crippen LogP contribution in [-0.4, -0.2) is 9.97 Å². The SMILES string of the molecule is C=CC(N)c1ccc2cnccc2n1. The molecule has 0 fully saturated rings. The number of fused-ring (bicyclic) bond motifs is 1. The Morgan fingerprint density at radius 3 is 3.00 bits per heavy atom. The zero-order chi connectivity index (χ0) is 9.97. The summed E-state index contributed by atoms with van der Waals surface area (Å²) in [5.41, 5.74) is 7.53. The molecule has 0 bridgehead atoms. The van der Waals surface area contributed by atoms with E-state index in [1.165, 1.54) is 0 Å². The molecule has 3 nitrogen and oxygen atoms in total. The van der Waals surface area contributed by atoms with Crippen LogP contribution in [0.3, 0.4) is 0 Å². The second kappa shape index (κ2) is 3.55. The third-order valence-electron chi connectivity index (χ3n) is 2.11. The number of hydrogen-bond acceptors (Lipinski definition) is 3. The first kappa shape index (κ1) is 8.84. The number of pyridine rings is 2. The molecule has 0 aromatic carbocycles. The van der Waals surface area contributed by atoms with E-state index in [0.717, 1.165) is 16.6 Å². The summed E-state index contributed by atoms with van der Waals surface area (Å²) >= 11 is 0. The van der Waals surface area contributed by atoms with Crippen molar-refractivity contribution in [3.63, 3.8) is 0 Å². The van der Waals surface area contributed by atoms with E-state index < -0.39 is 0 Å². The van der Waals surface area contributed by atoms with Gasteiger partial charge >= 0.3 is 0 Å². The molecule has 0 saturated carbocycles. The summed E-state index contributed by atoms with van der Waals surface area (Å²) in [6.45, 7) is 3.64. The third kappa shape index (κ3) is 1.49. The van der Waals surface area contributed by atoms with Gasteiger partial charge in [-0.2, -0.15) is 0 Å². The van der Waals surface area contributed by atoms with Crippen molar-refractivity contribution in [2.24, 2.45) is 5.73 Å². The van der Waals surface area contributed by atoms with Crippen molar-refractivity contribution in [3.05, 3.63) is 48.9 Å². The van der Waals surface area contributed by atoms with Crippen molar-refractivity contribution >= 4 is 10.9 Å². The molecule has 0 aliphatic carbocycles. The van der Waals surface area contributed by atoms with Crippen LogP contribution in [0.25, 0.3) is 10.9 Å². The predicted octanol–water partition coefficient (Wildman–Crippen LogP) is 1.82. The molecule has 0 amide bonds. The summed E-state index contributed by atoms with van der Waals surface area (Å²) in [6.07, 6.45) is 5.18. The second-order valence-electron chi connectivity index (χ2n) is 3.07. The van der Waals surface area contributed by atoms with Gasteiger partial charge in [0, 0.05) is 17.8 Å². The van der Waals surface area contributed by atoms with E-state index in [1.807, 2.05) is 18.2 Å². The topological polar surface area (TPSA) is 51.8 Å². The first-order valence-electron chi connectivity index (χ1n) is 4.40. The Kier molecular flexibility index (Phi) is 2.24. The van der Waals surface area contributed by atoms with Crippen LogP contribution in [-0.2, 0) is 0 Å². The molecule has 0 radical (unpaired) electrons. The number of nitrogens with zero attached hydrogens (tertiary/aromatic N) is 2. The highest BCUT2D eigenvalue weighted by molar-refractivity contribution is 5.77. The summed E-state index contributed by atoms with van der Waals surface area (Å²) in [6, 6.07) is 5.53. The number of nitrogens with two attached hydrogens (primary N) is 1. The Bertz CT molecular complexity index is 465. The Hall–Kier alpha value is -1.74. The zero-order valence-electron chi connectivity index (χ0n) is 7.72. The lowest BCUT2D eigenvalue weighted by molar-refractivity contribution is 0.872. The van der Waals surface area contributed by atoms with E-state index in [1.54, 1.807) is 18.5 Å². The van der Waals surface area contributed by atoms with Gasteiger partial charge in [-0.15, -0.1) is 6.58 Å². The first-order valence-corrected chi connectivity index (χ1v) is 4.40. The van der Waals surface area contributed by atoms with Crippen molar-refractivity contribution < 1.29 is 0 Å². The van der Waals surface area contributed by atoms with Crippen molar-refractivity contribution in [3.8, 4) is 0 Å². The molecule has 70 valence electrons. The van der Waals surface area contributed by atoms with Crippen molar-refractivity contribution in [2.45, 2.75) is 6.04 Å². The fourth-order valence-electron chi connectivity index (χ4n) is 1.29. The monoisotopic (exact) mass is 185 g/mol. The maximum absolute atomic E-state index is 5.79. The molecule has 0 aliphatic heterocycles. The van der Waals surface area contributed by atoms with Gasteiger partial charge in [-0.05, 0) is 18.2 Å². The minimum Gasteiger partial charge on any atom is -0.319 e. The molecule has 1 atom stereocenters. The van der Waals surface area contributed by atoms with E-state index >= 15 is 0 Å². The van der Waals surface area contributed by atoms with E-state index in [4.69, 9.17) is 5.73 Å². The van der Waals surface area contributed by atoms with Crippen LogP contribution >= 0.6 is 0 Å². The molecule has 0 aliphatic rings. The second-order valence-corrected chi connectivity index (χ2v) is 3.07. The fraction of sp³-hybridized carbons (Fsp3) is 0.0909. The molecule has 3 heteroatoms. The minimum absolute atomic E-state index is 0.201. The van der Waals surface area contributed by atoms with Crippen LogP contribution in [0, 0.1) is 0 Å². The van der Waals surface area contributed by atoms with E-state index in [9.17, 15) is 0 Å². The Balaban J connectivity index is 2.56. The largest absolute Gasteiger partial charge is 0.319 e. The van der Waals surface area contributed by atoms with Crippen molar-refractivity contribution in [1.29, 1.82) is 0 Å². The summed E-state index contributed by atoms with van der Waals surface area (Å²) in [5.74, 6) is 0. The lowest BCUT2D eigenvalue weighted by Crippen LogP contribution is -2.08. The third-order valence-corrected chi connectivity index (χ3v) is 2.11. The van der Waals surface area contributed by atoms with Gasteiger partial charge in [0.2, 0.25) is 0 Å². The molecule has 2 aromatic rings. The highest BCUT2D eigenvalue weighted by Gasteiger charge is 2.03. The van der Waals surface area contributed by atoms with Gasteiger partial charge in [-0.1, -0.05) is 6.08 Å². The van der Waals surface area contributed by atoms with Gasteiger partial charge in [0.15, 0.2) is 0 Å². The summed E-state index contributed by atoms with van der Waals surface area (Å²) < 4.78 is 0. The summed E-state index contributed by atoms with van der Waals surface area (Å²) in [4.78, 5) is 8.43. The first-order chi connectivity index (χ1) is 6.81. The lowest BCUT2D eigenvalue weighted by atomic mass is 10.1. The number of rotatable bonds is 2. The van der Waals surface area contributed by atoms with E-state index in [-0.39, 0.29) is 6.04 Å². The van der Waals surface area contributed by atoms with Crippen LogP contribution in [0.1, 0.15) is 11.7 Å². The minimum atomic E-state index is -0.201. The number of hydrogen-bond donors (Lipinski definition) is 1. The normalized spacial score (nSPS) is 12.6. The van der Waals surface area contributed by atoms with Crippen molar-refractivity contribution in [1.82, 2.24) is 9.97 Å². The average Bonchev–Trinajstić information content (AvgIpc) is 2.27. The fourth-order valence-corrected chi connectivity index (χ4v) is 1.29. The maximum Gasteiger partial charge on any atom is 0.0736 e. The van der Waals surface area contributed by atoms with Crippen LogP contribution < -0.4 is 5.73 Å². The van der Waals surface area contributed by atoms with Crippen LogP contribution in [0.15, 0.2) is 43.2 Å². The molecule has 0 saturated heterocycles. The molecule has 14 heavy (non-hydrogen) atoms. The van der Waals surface area contributed by atoms with Crippen LogP contribution in [0.4, 0.5) is 0 Å².